The maximum absolute atomic E-state index is 13.4. The molecule has 0 saturated carbocycles. The number of sulfonamides is 1. The largest absolute Gasteiger partial charge is 0.497 e. The second-order valence-corrected chi connectivity index (χ2v) is 10.1. The van der Waals surface area contributed by atoms with Gasteiger partial charge in [-0.1, -0.05) is 48.0 Å². The molecule has 0 unspecified atom stereocenters. The molecule has 37 heavy (non-hydrogen) atoms. The summed E-state index contributed by atoms with van der Waals surface area (Å²) in [5, 5.41) is 8.54. The van der Waals surface area contributed by atoms with Gasteiger partial charge in [-0.3, -0.25) is 9.10 Å². The highest BCUT2D eigenvalue weighted by atomic mass is 35.5. The van der Waals surface area contributed by atoms with Crippen LogP contribution in [0.1, 0.15) is 11.3 Å². The van der Waals surface area contributed by atoms with Crippen LogP contribution >= 0.6 is 11.6 Å². The van der Waals surface area contributed by atoms with Crippen LogP contribution < -0.4 is 14.5 Å². The summed E-state index contributed by atoms with van der Waals surface area (Å²) in [6.07, 6.45) is 1.38. The molecule has 0 fully saturated rings. The van der Waals surface area contributed by atoms with Crippen LogP contribution in [0.4, 0.5) is 5.69 Å². The molecule has 0 atom stereocenters. The number of halogens is 1. The van der Waals surface area contributed by atoms with E-state index in [4.69, 9.17) is 16.3 Å². The van der Waals surface area contributed by atoms with E-state index in [-0.39, 0.29) is 10.0 Å². The number of nitrogens with zero attached hydrogens (tertiary/aromatic N) is 4. The number of ether oxygens (including phenoxy) is 1. The predicted octanol–water partition coefficient (Wildman–Crippen LogP) is 4.19. The molecule has 0 spiro atoms. The van der Waals surface area contributed by atoms with Crippen LogP contribution in [0.2, 0.25) is 5.15 Å². The molecule has 0 aliphatic heterocycles. The average Bonchev–Trinajstić information content (AvgIpc) is 3.21. The molecule has 0 bridgehead atoms. The standard InChI is InChI=1S/C26H24ClN5O4S/c1-19-24(26(27)30-32(19)21-11-7-4-8-12-21)17-28-29-25(33)18-31(20-9-5-3-6-10-20)37(34,35)23-15-13-22(36-2)14-16-23/h3-17H,18H2,1-2H3,(H,29,33)/b28-17-. The molecule has 1 amide bonds. The minimum atomic E-state index is -4.06. The van der Waals surface area contributed by atoms with E-state index in [9.17, 15) is 13.2 Å². The van der Waals surface area contributed by atoms with Crippen LogP contribution in [0.25, 0.3) is 5.69 Å². The molecule has 190 valence electrons. The third kappa shape index (κ3) is 5.82. The summed E-state index contributed by atoms with van der Waals surface area (Å²) >= 11 is 6.30. The van der Waals surface area contributed by atoms with Gasteiger partial charge in [0.1, 0.15) is 12.3 Å². The summed E-state index contributed by atoms with van der Waals surface area (Å²) in [6.45, 7) is 1.33. The lowest BCUT2D eigenvalue weighted by Crippen LogP contribution is -2.39. The van der Waals surface area contributed by atoms with Gasteiger partial charge in [0.25, 0.3) is 15.9 Å². The number of benzene rings is 3. The number of para-hydroxylation sites is 2. The Morgan fingerprint density at radius 1 is 1.05 bits per heavy atom. The van der Waals surface area contributed by atoms with E-state index in [1.54, 1.807) is 47.1 Å². The van der Waals surface area contributed by atoms with Gasteiger partial charge in [0, 0.05) is 0 Å². The van der Waals surface area contributed by atoms with Crippen molar-refractivity contribution in [2.24, 2.45) is 5.10 Å². The van der Waals surface area contributed by atoms with Gasteiger partial charge in [-0.05, 0) is 55.5 Å². The molecular formula is C26H24ClN5O4S. The van der Waals surface area contributed by atoms with Crippen molar-refractivity contribution in [2.75, 3.05) is 18.0 Å². The third-order valence-corrected chi connectivity index (χ3v) is 7.55. The molecule has 3 aromatic carbocycles. The molecule has 1 heterocycles. The van der Waals surface area contributed by atoms with Crippen molar-refractivity contribution < 1.29 is 17.9 Å². The summed E-state index contributed by atoms with van der Waals surface area (Å²) < 4.78 is 34.7. The van der Waals surface area contributed by atoms with E-state index in [2.05, 4.69) is 15.6 Å². The van der Waals surface area contributed by atoms with Crippen molar-refractivity contribution in [3.8, 4) is 11.4 Å². The normalized spacial score (nSPS) is 11.4. The van der Waals surface area contributed by atoms with E-state index < -0.39 is 22.5 Å². The highest BCUT2D eigenvalue weighted by Gasteiger charge is 2.27. The van der Waals surface area contributed by atoms with Crippen molar-refractivity contribution in [1.29, 1.82) is 0 Å². The molecule has 0 saturated heterocycles. The fraction of sp³-hybridized carbons (Fsp3) is 0.115. The van der Waals surface area contributed by atoms with Crippen molar-refractivity contribution in [2.45, 2.75) is 11.8 Å². The molecule has 11 heteroatoms. The Bertz CT molecular complexity index is 1510. The Morgan fingerprint density at radius 2 is 1.68 bits per heavy atom. The van der Waals surface area contributed by atoms with Crippen LogP contribution in [-0.4, -0.2) is 44.0 Å². The van der Waals surface area contributed by atoms with Gasteiger partial charge < -0.3 is 4.74 Å². The quantitative estimate of drug-likeness (QED) is 0.254. The van der Waals surface area contributed by atoms with Gasteiger partial charge in [-0.25, -0.2) is 18.5 Å². The van der Waals surface area contributed by atoms with Gasteiger partial charge in [-0.15, -0.1) is 0 Å². The Morgan fingerprint density at radius 3 is 2.30 bits per heavy atom. The Labute approximate surface area is 220 Å². The van der Waals surface area contributed by atoms with Crippen molar-refractivity contribution in [3.63, 3.8) is 0 Å². The van der Waals surface area contributed by atoms with E-state index in [0.29, 0.717) is 17.0 Å². The number of rotatable bonds is 9. The first-order valence-electron chi connectivity index (χ1n) is 11.2. The number of methoxy groups -OCH3 is 1. The molecule has 9 nitrogen and oxygen atoms in total. The molecular weight excluding hydrogens is 514 g/mol. The summed E-state index contributed by atoms with van der Waals surface area (Å²) in [7, 11) is -2.57. The molecule has 0 aliphatic rings. The lowest BCUT2D eigenvalue weighted by molar-refractivity contribution is -0.119. The number of anilines is 1. The van der Waals surface area contributed by atoms with Gasteiger partial charge in [0.05, 0.1) is 40.9 Å². The molecule has 4 aromatic rings. The highest BCUT2D eigenvalue weighted by molar-refractivity contribution is 7.92. The lowest BCUT2D eigenvalue weighted by Gasteiger charge is -2.23. The van der Waals surface area contributed by atoms with Gasteiger partial charge >= 0.3 is 0 Å². The summed E-state index contributed by atoms with van der Waals surface area (Å²) in [5.41, 5.74) is 4.79. The summed E-state index contributed by atoms with van der Waals surface area (Å²) in [4.78, 5) is 12.8. The van der Waals surface area contributed by atoms with E-state index >= 15 is 0 Å². The molecule has 0 aliphatic carbocycles. The van der Waals surface area contributed by atoms with Crippen LogP contribution in [0.5, 0.6) is 5.75 Å². The fourth-order valence-corrected chi connectivity index (χ4v) is 5.25. The van der Waals surface area contributed by atoms with Gasteiger partial charge in [-0.2, -0.15) is 10.2 Å². The number of amides is 1. The average molecular weight is 538 g/mol. The second-order valence-electron chi connectivity index (χ2n) is 7.85. The minimum absolute atomic E-state index is 0.0178. The number of nitrogens with one attached hydrogen (secondary N) is 1. The fourth-order valence-electron chi connectivity index (χ4n) is 3.57. The van der Waals surface area contributed by atoms with E-state index in [1.807, 2.05) is 37.3 Å². The van der Waals surface area contributed by atoms with Crippen molar-refractivity contribution in [1.82, 2.24) is 15.2 Å². The van der Waals surface area contributed by atoms with Crippen LogP contribution in [-0.2, 0) is 14.8 Å². The van der Waals surface area contributed by atoms with E-state index in [0.717, 1.165) is 15.7 Å². The maximum atomic E-state index is 13.4. The second kappa shape index (κ2) is 11.3. The summed E-state index contributed by atoms with van der Waals surface area (Å²) in [6, 6.07) is 23.7. The minimum Gasteiger partial charge on any atom is -0.497 e. The predicted molar refractivity (Wildman–Crippen MR) is 143 cm³/mol. The summed E-state index contributed by atoms with van der Waals surface area (Å²) in [5.74, 6) is -0.122. The Balaban J connectivity index is 1.54. The first-order valence-corrected chi connectivity index (χ1v) is 13.0. The molecule has 1 aromatic heterocycles. The molecule has 0 radical (unpaired) electrons. The number of aromatic nitrogens is 2. The molecule has 1 N–H and O–H groups in total. The smallest absolute Gasteiger partial charge is 0.264 e. The number of carbonyl (C=O) groups excluding carboxylic acids is 1. The lowest BCUT2D eigenvalue weighted by atomic mass is 10.2. The first kappa shape index (κ1) is 25.9. The van der Waals surface area contributed by atoms with Crippen LogP contribution in [0.3, 0.4) is 0 Å². The monoisotopic (exact) mass is 537 g/mol. The van der Waals surface area contributed by atoms with Crippen molar-refractivity contribution in [3.05, 3.63) is 101 Å². The number of hydrogen-bond acceptors (Lipinski definition) is 6. The topological polar surface area (TPSA) is 106 Å². The number of hydrogen-bond donors (Lipinski definition) is 1. The highest BCUT2D eigenvalue weighted by Crippen LogP contribution is 2.25. The Hall–Kier alpha value is -4.15. The third-order valence-electron chi connectivity index (χ3n) is 5.48. The van der Waals surface area contributed by atoms with Gasteiger partial charge in [0.15, 0.2) is 5.15 Å². The van der Waals surface area contributed by atoms with E-state index in [1.165, 1.54) is 25.5 Å². The molecule has 4 rings (SSSR count). The zero-order valence-corrected chi connectivity index (χ0v) is 21.6. The Kier molecular flexibility index (Phi) is 7.90. The number of carbonyl (C=O) groups is 1. The van der Waals surface area contributed by atoms with Crippen LogP contribution in [0, 0.1) is 6.92 Å². The SMILES string of the molecule is COc1ccc(S(=O)(=O)N(CC(=O)N/N=C\c2c(Cl)nn(-c3ccccc3)c2C)c2ccccc2)cc1. The number of hydrazone groups is 1. The zero-order valence-electron chi connectivity index (χ0n) is 20.1. The van der Waals surface area contributed by atoms with Crippen molar-refractivity contribution >= 4 is 39.4 Å². The van der Waals surface area contributed by atoms with Gasteiger partial charge in [0.2, 0.25) is 0 Å². The first-order chi connectivity index (χ1) is 17.8. The zero-order chi connectivity index (χ0) is 26.4. The maximum Gasteiger partial charge on any atom is 0.264 e. The van der Waals surface area contributed by atoms with Crippen LogP contribution in [0.15, 0.2) is 94.9 Å².